The Morgan fingerprint density at radius 2 is 2.12 bits per heavy atom. The standard InChI is InChI=1S/C13H18N4/c1-2-11(9-13-15-7-8-16-13)17-12-5-3-10(14)4-6-12/h3-8,11,17H,2,9,14H2,1H3,(H,15,16). The summed E-state index contributed by atoms with van der Waals surface area (Å²) < 4.78 is 0. The number of imidazole rings is 1. The van der Waals surface area contributed by atoms with Crippen LogP contribution in [0.4, 0.5) is 11.4 Å². The summed E-state index contributed by atoms with van der Waals surface area (Å²) in [5.74, 6) is 1.01. The highest BCUT2D eigenvalue weighted by molar-refractivity contribution is 5.51. The van der Waals surface area contributed by atoms with Gasteiger partial charge >= 0.3 is 0 Å². The van der Waals surface area contributed by atoms with Crippen LogP contribution in [0.15, 0.2) is 36.7 Å². The highest BCUT2D eigenvalue weighted by atomic mass is 14.9. The van der Waals surface area contributed by atoms with Crippen LogP contribution in [-0.4, -0.2) is 16.0 Å². The molecule has 17 heavy (non-hydrogen) atoms. The van der Waals surface area contributed by atoms with Crippen LogP contribution in [-0.2, 0) is 6.42 Å². The second-order valence-corrected chi connectivity index (χ2v) is 4.11. The van der Waals surface area contributed by atoms with Crippen molar-refractivity contribution in [3.05, 3.63) is 42.5 Å². The van der Waals surface area contributed by atoms with E-state index < -0.39 is 0 Å². The number of aromatic nitrogens is 2. The van der Waals surface area contributed by atoms with Crippen molar-refractivity contribution in [2.24, 2.45) is 0 Å². The first kappa shape index (κ1) is 11.5. The SMILES string of the molecule is CCC(Cc1ncc[nH]1)Nc1ccc(N)cc1. The van der Waals surface area contributed by atoms with Gasteiger partial charge in [-0.15, -0.1) is 0 Å². The molecule has 0 bridgehead atoms. The van der Waals surface area contributed by atoms with Crippen molar-refractivity contribution >= 4 is 11.4 Å². The summed E-state index contributed by atoms with van der Waals surface area (Å²) in [6.07, 6.45) is 5.58. The lowest BCUT2D eigenvalue weighted by atomic mass is 10.1. The van der Waals surface area contributed by atoms with E-state index in [4.69, 9.17) is 5.73 Å². The van der Waals surface area contributed by atoms with Crippen molar-refractivity contribution in [3.63, 3.8) is 0 Å². The third kappa shape index (κ3) is 3.24. The van der Waals surface area contributed by atoms with Gasteiger partial charge in [0.2, 0.25) is 0 Å². The maximum atomic E-state index is 5.66. The van der Waals surface area contributed by atoms with Crippen LogP contribution in [0.25, 0.3) is 0 Å². The first-order valence-corrected chi connectivity index (χ1v) is 5.88. The first-order valence-electron chi connectivity index (χ1n) is 5.88. The Labute approximate surface area is 101 Å². The summed E-state index contributed by atoms with van der Waals surface area (Å²) in [5.41, 5.74) is 7.54. The van der Waals surface area contributed by atoms with Gasteiger partial charge in [-0.25, -0.2) is 4.98 Å². The number of rotatable bonds is 5. The first-order chi connectivity index (χ1) is 8.28. The molecule has 0 aliphatic carbocycles. The Bertz CT molecular complexity index is 433. The number of hydrogen-bond donors (Lipinski definition) is 3. The van der Waals surface area contributed by atoms with E-state index in [0.717, 1.165) is 30.0 Å². The van der Waals surface area contributed by atoms with Gasteiger partial charge in [0.15, 0.2) is 0 Å². The van der Waals surface area contributed by atoms with Gasteiger partial charge in [-0.2, -0.15) is 0 Å². The van der Waals surface area contributed by atoms with E-state index in [2.05, 4.69) is 22.2 Å². The molecule has 4 heteroatoms. The molecule has 2 aromatic rings. The van der Waals surface area contributed by atoms with Gasteiger partial charge in [0.25, 0.3) is 0 Å². The molecule has 0 aliphatic rings. The van der Waals surface area contributed by atoms with Crippen LogP contribution in [0.2, 0.25) is 0 Å². The summed E-state index contributed by atoms with van der Waals surface area (Å²) >= 11 is 0. The van der Waals surface area contributed by atoms with Crippen molar-refractivity contribution in [2.75, 3.05) is 11.1 Å². The van der Waals surface area contributed by atoms with Crippen LogP contribution in [0.5, 0.6) is 0 Å². The zero-order chi connectivity index (χ0) is 12.1. The number of benzene rings is 1. The minimum absolute atomic E-state index is 0.379. The van der Waals surface area contributed by atoms with Crippen LogP contribution >= 0.6 is 0 Å². The molecule has 1 aromatic heterocycles. The van der Waals surface area contributed by atoms with Gasteiger partial charge in [-0.1, -0.05) is 6.92 Å². The van der Waals surface area contributed by atoms with Crippen molar-refractivity contribution in [1.29, 1.82) is 0 Å². The molecule has 0 spiro atoms. The minimum atomic E-state index is 0.379. The number of nitrogen functional groups attached to an aromatic ring is 1. The highest BCUT2D eigenvalue weighted by Crippen LogP contribution is 2.14. The highest BCUT2D eigenvalue weighted by Gasteiger charge is 2.08. The Kier molecular flexibility index (Phi) is 3.65. The number of nitrogens with one attached hydrogen (secondary N) is 2. The Morgan fingerprint density at radius 3 is 2.71 bits per heavy atom. The number of nitrogens with zero attached hydrogens (tertiary/aromatic N) is 1. The van der Waals surface area contributed by atoms with Gasteiger partial charge in [0.1, 0.15) is 5.82 Å². The Morgan fingerprint density at radius 1 is 1.35 bits per heavy atom. The third-order valence-electron chi connectivity index (χ3n) is 2.77. The molecule has 0 saturated heterocycles. The van der Waals surface area contributed by atoms with Gasteiger partial charge < -0.3 is 16.0 Å². The molecule has 4 N–H and O–H groups in total. The van der Waals surface area contributed by atoms with Crippen LogP contribution in [0.1, 0.15) is 19.2 Å². The molecule has 0 amide bonds. The average Bonchev–Trinajstić information content (AvgIpc) is 2.84. The zero-order valence-electron chi connectivity index (χ0n) is 9.98. The van der Waals surface area contributed by atoms with E-state index in [1.54, 1.807) is 6.20 Å². The summed E-state index contributed by atoms with van der Waals surface area (Å²) in [6, 6.07) is 8.19. The number of aromatic amines is 1. The molecule has 1 heterocycles. The molecule has 90 valence electrons. The molecular weight excluding hydrogens is 212 g/mol. The smallest absolute Gasteiger partial charge is 0.108 e. The van der Waals surface area contributed by atoms with E-state index in [1.807, 2.05) is 30.5 Å². The predicted octanol–water partition coefficient (Wildman–Crippen LogP) is 2.43. The molecule has 0 fully saturated rings. The fraction of sp³-hybridized carbons (Fsp3) is 0.308. The molecule has 0 radical (unpaired) electrons. The molecule has 1 unspecified atom stereocenters. The fourth-order valence-corrected chi connectivity index (χ4v) is 1.76. The van der Waals surface area contributed by atoms with Gasteiger partial charge in [0.05, 0.1) is 0 Å². The summed E-state index contributed by atoms with van der Waals surface area (Å²) in [7, 11) is 0. The van der Waals surface area contributed by atoms with Crippen molar-refractivity contribution in [2.45, 2.75) is 25.8 Å². The second-order valence-electron chi connectivity index (χ2n) is 4.11. The molecule has 2 rings (SSSR count). The van der Waals surface area contributed by atoms with E-state index in [0.29, 0.717) is 6.04 Å². The average molecular weight is 230 g/mol. The molecule has 4 nitrogen and oxygen atoms in total. The van der Waals surface area contributed by atoms with Gasteiger partial charge in [-0.05, 0) is 30.7 Å². The van der Waals surface area contributed by atoms with E-state index in [1.165, 1.54) is 0 Å². The van der Waals surface area contributed by atoms with E-state index in [9.17, 15) is 0 Å². The maximum Gasteiger partial charge on any atom is 0.108 e. The molecular formula is C13H18N4. The van der Waals surface area contributed by atoms with Crippen LogP contribution in [0.3, 0.4) is 0 Å². The van der Waals surface area contributed by atoms with E-state index in [-0.39, 0.29) is 0 Å². The lowest BCUT2D eigenvalue weighted by molar-refractivity contribution is 0.669. The zero-order valence-corrected chi connectivity index (χ0v) is 9.98. The van der Waals surface area contributed by atoms with Crippen molar-refractivity contribution in [1.82, 2.24) is 9.97 Å². The Hall–Kier alpha value is -1.97. The molecule has 0 saturated carbocycles. The third-order valence-corrected chi connectivity index (χ3v) is 2.77. The van der Waals surface area contributed by atoms with E-state index >= 15 is 0 Å². The van der Waals surface area contributed by atoms with Crippen LogP contribution < -0.4 is 11.1 Å². The predicted molar refractivity (Wildman–Crippen MR) is 70.8 cm³/mol. The minimum Gasteiger partial charge on any atom is -0.399 e. The summed E-state index contributed by atoms with van der Waals surface area (Å²) in [6.45, 7) is 2.16. The monoisotopic (exact) mass is 230 g/mol. The van der Waals surface area contributed by atoms with Crippen LogP contribution in [0, 0.1) is 0 Å². The number of hydrogen-bond acceptors (Lipinski definition) is 3. The van der Waals surface area contributed by atoms with Crippen molar-refractivity contribution in [3.8, 4) is 0 Å². The summed E-state index contributed by atoms with van der Waals surface area (Å²) in [4.78, 5) is 7.37. The number of H-pyrrole nitrogens is 1. The largest absolute Gasteiger partial charge is 0.399 e. The molecule has 1 atom stereocenters. The van der Waals surface area contributed by atoms with Crippen molar-refractivity contribution < 1.29 is 0 Å². The molecule has 1 aromatic carbocycles. The summed E-state index contributed by atoms with van der Waals surface area (Å²) in [5, 5.41) is 3.48. The topological polar surface area (TPSA) is 66.7 Å². The quantitative estimate of drug-likeness (QED) is 0.691. The molecule has 0 aliphatic heterocycles. The second kappa shape index (κ2) is 5.39. The lowest BCUT2D eigenvalue weighted by Gasteiger charge is -2.17. The van der Waals surface area contributed by atoms with Gasteiger partial charge in [-0.3, -0.25) is 0 Å². The maximum absolute atomic E-state index is 5.66. The normalized spacial score (nSPS) is 12.3. The fourth-order valence-electron chi connectivity index (χ4n) is 1.76. The number of anilines is 2. The van der Waals surface area contributed by atoms with Gasteiger partial charge in [0, 0.05) is 36.2 Å². The Balaban J connectivity index is 1.97. The number of nitrogens with two attached hydrogens (primary N) is 1. The lowest BCUT2D eigenvalue weighted by Crippen LogP contribution is -2.21.